The molecule has 0 radical (unpaired) electrons. The van der Waals surface area contributed by atoms with E-state index in [2.05, 4.69) is 35.9 Å². The molecule has 0 aliphatic heterocycles. The lowest BCUT2D eigenvalue weighted by Gasteiger charge is -2.04. The maximum Gasteiger partial charge on any atom is 0.0627 e. The van der Waals surface area contributed by atoms with Crippen LogP contribution in [0.25, 0.3) is 0 Å². The first kappa shape index (κ1) is 8.79. The molecule has 1 atom stereocenters. The molecule has 1 heterocycles. The zero-order valence-corrected chi connectivity index (χ0v) is 8.53. The van der Waals surface area contributed by atoms with E-state index in [9.17, 15) is 0 Å². The molecule has 2 nitrogen and oxygen atoms in total. The fraction of sp³-hybridized carbons (Fsp3) is 0.727. The SMILES string of the molecule is CCC(C)Cc1ccn(C2CC2)n1. The molecule has 1 saturated carbocycles. The van der Waals surface area contributed by atoms with E-state index in [0.717, 1.165) is 18.4 Å². The summed E-state index contributed by atoms with van der Waals surface area (Å²) in [5, 5.41) is 4.58. The molecule has 1 unspecified atom stereocenters. The minimum atomic E-state index is 0.727. The Morgan fingerprint density at radius 1 is 1.62 bits per heavy atom. The van der Waals surface area contributed by atoms with Crippen LogP contribution in [0.5, 0.6) is 0 Å². The summed E-state index contributed by atoms with van der Waals surface area (Å²) in [5.74, 6) is 0.766. The van der Waals surface area contributed by atoms with Crippen molar-refractivity contribution in [2.75, 3.05) is 0 Å². The van der Waals surface area contributed by atoms with E-state index in [1.807, 2.05) is 0 Å². The first-order chi connectivity index (χ1) is 6.29. The van der Waals surface area contributed by atoms with Gasteiger partial charge in [-0.25, -0.2) is 0 Å². The molecule has 13 heavy (non-hydrogen) atoms. The highest BCUT2D eigenvalue weighted by Crippen LogP contribution is 2.34. The van der Waals surface area contributed by atoms with Gasteiger partial charge in [0.05, 0.1) is 11.7 Å². The van der Waals surface area contributed by atoms with E-state index < -0.39 is 0 Å². The normalized spacial score (nSPS) is 18.9. The van der Waals surface area contributed by atoms with Crippen LogP contribution in [0.3, 0.4) is 0 Å². The summed E-state index contributed by atoms with van der Waals surface area (Å²) in [4.78, 5) is 0. The van der Waals surface area contributed by atoms with Gasteiger partial charge in [-0.3, -0.25) is 4.68 Å². The first-order valence-electron chi connectivity index (χ1n) is 5.33. The molecular formula is C11H18N2. The lowest BCUT2D eigenvalue weighted by molar-refractivity contribution is 0.539. The summed E-state index contributed by atoms with van der Waals surface area (Å²) in [6.07, 6.45) is 7.16. The highest BCUT2D eigenvalue weighted by molar-refractivity contribution is 5.02. The summed E-state index contributed by atoms with van der Waals surface area (Å²) in [5.41, 5.74) is 1.27. The monoisotopic (exact) mass is 178 g/mol. The van der Waals surface area contributed by atoms with Gasteiger partial charge < -0.3 is 0 Å². The standard InChI is InChI=1S/C11H18N2/c1-3-9(2)8-10-6-7-13(12-10)11-4-5-11/h6-7,9,11H,3-5,8H2,1-2H3. The van der Waals surface area contributed by atoms with E-state index in [-0.39, 0.29) is 0 Å². The molecule has 72 valence electrons. The van der Waals surface area contributed by atoms with Crippen molar-refractivity contribution in [2.24, 2.45) is 5.92 Å². The van der Waals surface area contributed by atoms with Crippen LogP contribution >= 0.6 is 0 Å². The number of nitrogens with zero attached hydrogens (tertiary/aromatic N) is 2. The maximum absolute atomic E-state index is 4.58. The molecule has 0 spiro atoms. The average molecular weight is 178 g/mol. The Bertz CT molecular complexity index is 273. The van der Waals surface area contributed by atoms with Crippen LogP contribution in [0.2, 0.25) is 0 Å². The van der Waals surface area contributed by atoms with Crippen molar-refractivity contribution in [3.63, 3.8) is 0 Å². The Morgan fingerprint density at radius 3 is 3.00 bits per heavy atom. The summed E-state index contributed by atoms with van der Waals surface area (Å²) in [6, 6.07) is 2.90. The minimum Gasteiger partial charge on any atom is -0.269 e. The highest BCUT2D eigenvalue weighted by atomic mass is 15.3. The zero-order valence-electron chi connectivity index (χ0n) is 8.53. The Hall–Kier alpha value is -0.790. The largest absolute Gasteiger partial charge is 0.269 e. The first-order valence-corrected chi connectivity index (χ1v) is 5.33. The Kier molecular flexibility index (Phi) is 2.38. The third kappa shape index (κ3) is 2.11. The van der Waals surface area contributed by atoms with Crippen LogP contribution < -0.4 is 0 Å². The third-order valence-corrected chi connectivity index (χ3v) is 2.84. The Labute approximate surface area is 80.0 Å². The molecule has 1 aromatic heterocycles. The van der Waals surface area contributed by atoms with Crippen molar-refractivity contribution in [3.8, 4) is 0 Å². The van der Waals surface area contributed by atoms with Gasteiger partial charge in [-0.05, 0) is 31.2 Å². The maximum atomic E-state index is 4.58. The van der Waals surface area contributed by atoms with Gasteiger partial charge in [0.15, 0.2) is 0 Å². The van der Waals surface area contributed by atoms with Crippen molar-refractivity contribution >= 4 is 0 Å². The zero-order chi connectivity index (χ0) is 9.26. The number of hydrogen-bond acceptors (Lipinski definition) is 1. The number of hydrogen-bond donors (Lipinski definition) is 0. The summed E-state index contributed by atoms with van der Waals surface area (Å²) in [7, 11) is 0. The number of rotatable bonds is 4. The minimum absolute atomic E-state index is 0.727. The molecule has 2 heteroatoms. The molecule has 0 bridgehead atoms. The van der Waals surface area contributed by atoms with Gasteiger partial charge >= 0.3 is 0 Å². The van der Waals surface area contributed by atoms with Gasteiger partial charge in [0.2, 0.25) is 0 Å². The van der Waals surface area contributed by atoms with E-state index in [0.29, 0.717) is 0 Å². The van der Waals surface area contributed by atoms with Crippen molar-refractivity contribution in [2.45, 2.75) is 45.6 Å². The van der Waals surface area contributed by atoms with Crippen molar-refractivity contribution in [3.05, 3.63) is 18.0 Å². The second kappa shape index (κ2) is 3.52. The predicted octanol–water partition coefficient (Wildman–Crippen LogP) is 2.81. The average Bonchev–Trinajstić information content (AvgIpc) is 2.88. The van der Waals surface area contributed by atoms with Gasteiger partial charge in [0.25, 0.3) is 0 Å². The van der Waals surface area contributed by atoms with Crippen LogP contribution in [-0.2, 0) is 6.42 Å². The quantitative estimate of drug-likeness (QED) is 0.693. The molecule has 1 aliphatic rings. The molecule has 1 aliphatic carbocycles. The molecule has 0 N–H and O–H groups in total. The van der Waals surface area contributed by atoms with Gasteiger partial charge in [-0.2, -0.15) is 5.10 Å². The molecule has 1 aromatic rings. The topological polar surface area (TPSA) is 17.8 Å². The molecule has 0 aromatic carbocycles. The second-order valence-corrected chi connectivity index (χ2v) is 4.24. The Morgan fingerprint density at radius 2 is 2.38 bits per heavy atom. The van der Waals surface area contributed by atoms with E-state index in [4.69, 9.17) is 0 Å². The molecule has 0 saturated heterocycles. The summed E-state index contributed by atoms with van der Waals surface area (Å²) >= 11 is 0. The predicted molar refractivity (Wildman–Crippen MR) is 53.7 cm³/mol. The molecule has 1 fully saturated rings. The van der Waals surface area contributed by atoms with E-state index >= 15 is 0 Å². The van der Waals surface area contributed by atoms with Crippen molar-refractivity contribution < 1.29 is 0 Å². The number of aromatic nitrogens is 2. The molecule has 2 rings (SSSR count). The van der Waals surface area contributed by atoms with E-state index in [1.165, 1.54) is 25.0 Å². The van der Waals surface area contributed by atoms with Crippen molar-refractivity contribution in [1.82, 2.24) is 9.78 Å². The smallest absolute Gasteiger partial charge is 0.0627 e. The van der Waals surface area contributed by atoms with Crippen LogP contribution in [0.1, 0.15) is 44.8 Å². The van der Waals surface area contributed by atoms with Gasteiger partial charge in [-0.15, -0.1) is 0 Å². The molecule has 0 amide bonds. The van der Waals surface area contributed by atoms with Crippen LogP contribution in [0.15, 0.2) is 12.3 Å². The Balaban J connectivity index is 1.96. The van der Waals surface area contributed by atoms with Crippen LogP contribution in [0, 0.1) is 5.92 Å². The van der Waals surface area contributed by atoms with Gasteiger partial charge in [0, 0.05) is 6.20 Å². The fourth-order valence-corrected chi connectivity index (χ4v) is 1.53. The second-order valence-electron chi connectivity index (χ2n) is 4.24. The summed E-state index contributed by atoms with van der Waals surface area (Å²) < 4.78 is 2.14. The summed E-state index contributed by atoms with van der Waals surface area (Å²) in [6.45, 7) is 4.53. The van der Waals surface area contributed by atoms with Crippen LogP contribution in [-0.4, -0.2) is 9.78 Å². The van der Waals surface area contributed by atoms with Crippen molar-refractivity contribution in [1.29, 1.82) is 0 Å². The fourth-order valence-electron chi connectivity index (χ4n) is 1.53. The van der Waals surface area contributed by atoms with E-state index in [1.54, 1.807) is 0 Å². The highest BCUT2D eigenvalue weighted by Gasteiger charge is 2.24. The third-order valence-electron chi connectivity index (χ3n) is 2.84. The van der Waals surface area contributed by atoms with Gasteiger partial charge in [-0.1, -0.05) is 20.3 Å². The van der Waals surface area contributed by atoms with Crippen LogP contribution in [0.4, 0.5) is 0 Å². The van der Waals surface area contributed by atoms with Gasteiger partial charge in [0.1, 0.15) is 0 Å². The lowest BCUT2D eigenvalue weighted by atomic mass is 10.0. The molecular weight excluding hydrogens is 160 g/mol. The lowest BCUT2D eigenvalue weighted by Crippen LogP contribution is -2.00.